The number of nitrogens with zero attached hydrogens (tertiary/aromatic N) is 2. The molecule has 0 fully saturated rings. The molecule has 2 aromatic rings. The highest BCUT2D eigenvalue weighted by atomic mass is 19.1. The summed E-state index contributed by atoms with van der Waals surface area (Å²) in [5.41, 5.74) is 0.610. The fraction of sp³-hybridized carbons (Fsp3) is 0.333. The van der Waals surface area contributed by atoms with Crippen LogP contribution in [0.15, 0.2) is 24.3 Å². The molecule has 0 bridgehead atoms. The number of aromatic nitrogens is 2. The zero-order chi connectivity index (χ0) is 15.2. The Morgan fingerprint density at radius 3 is 2.52 bits per heavy atom. The molecule has 0 spiro atoms. The van der Waals surface area contributed by atoms with Crippen molar-refractivity contribution >= 4 is 17.3 Å². The zero-order valence-corrected chi connectivity index (χ0v) is 12.4. The van der Waals surface area contributed by atoms with Crippen molar-refractivity contribution in [2.24, 2.45) is 0 Å². The first kappa shape index (κ1) is 15.0. The minimum Gasteiger partial charge on any atom is -0.491 e. The SMILES string of the molecule is CCOc1ccc(Nc2cc(NC)nc(CC)n2)cc1F. The van der Waals surface area contributed by atoms with E-state index in [1.54, 1.807) is 25.2 Å². The van der Waals surface area contributed by atoms with Gasteiger partial charge in [-0.15, -0.1) is 0 Å². The maximum Gasteiger partial charge on any atom is 0.167 e. The van der Waals surface area contributed by atoms with Crippen LogP contribution in [0.1, 0.15) is 19.7 Å². The van der Waals surface area contributed by atoms with E-state index in [-0.39, 0.29) is 5.75 Å². The van der Waals surface area contributed by atoms with Crippen LogP contribution < -0.4 is 15.4 Å². The summed E-state index contributed by atoms with van der Waals surface area (Å²) in [7, 11) is 1.79. The second-order valence-electron chi connectivity index (χ2n) is 4.36. The molecule has 21 heavy (non-hydrogen) atoms. The Labute approximate surface area is 123 Å². The first-order valence-corrected chi connectivity index (χ1v) is 6.91. The number of anilines is 3. The lowest BCUT2D eigenvalue weighted by Gasteiger charge is -2.10. The van der Waals surface area contributed by atoms with Crippen LogP contribution in [0.3, 0.4) is 0 Å². The summed E-state index contributed by atoms with van der Waals surface area (Å²) in [4.78, 5) is 8.68. The monoisotopic (exact) mass is 290 g/mol. The third-order valence-electron chi connectivity index (χ3n) is 2.85. The summed E-state index contributed by atoms with van der Waals surface area (Å²) in [6.07, 6.45) is 0.724. The minimum absolute atomic E-state index is 0.246. The van der Waals surface area contributed by atoms with Crippen LogP contribution in [-0.4, -0.2) is 23.6 Å². The van der Waals surface area contributed by atoms with Gasteiger partial charge in [0.05, 0.1) is 6.61 Å². The van der Waals surface area contributed by atoms with E-state index in [0.29, 0.717) is 18.1 Å². The largest absolute Gasteiger partial charge is 0.491 e. The van der Waals surface area contributed by atoms with Gasteiger partial charge >= 0.3 is 0 Å². The third kappa shape index (κ3) is 3.81. The van der Waals surface area contributed by atoms with Gasteiger partial charge in [-0.25, -0.2) is 14.4 Å². The van der Waals surface area contributed by atoms with E-state index in [1.807, 2.05) is 13.8 Å². The van der Waals surface area contributed by atoms with E-state index in [4.69, 9.17) is 4.74 Å². The summed E-state index contributed by atoms with van der Waals surface area (Å²) in [5.74, 6) is 1.90. The molecule has 0 atom stereocenters. The molecule has 0 radical (unpaired) electrons. The molecule has 0 saturated heterocycles. The van der Waals surface area contributed by atoms with Crippen molar-refractivity contribution in [2.45, 2.75) is 20.3 Å². The van der Waals surface area contributed by atoms with Crippen LogP contribution in [0.25, 0.3) is 0 Å². The van der Waals surface area contributed by atoms with Crippen LogP contribution >= 0.6 is 0 Å². The van der Waals surface area contributed by atoms with Crippen molar-refractivity contribution in [3.8, 4) is 5.75 Å². The summed E-state index contributed by atoms with van der Waals surface area (Å²) in [6.45, 7) is 4.23. The Bertz CT molecular complexity index is 596. The van der Waals surface area contributed by atoms with Gasteiger partial charge in [-0.3, -0.25) is 0 Å². The Hall–Kier alpha value is -2.37. The first-order chi connectivity index (χ1) is 10.2. The van der Waals surface area contributed by atoms with Crippen molar-refractivity contribution < 1.29 is 9.13 Å². The molecule has 2 N–H and O–H groups in total. The van der Waals surface area contributed by atoms with E-state index in [0.717, 1.165) is 18.1 Å². The molecule has 1 heterocycles. The average Bonchev–Trinajstić information content (AvgIpc) is 2.49. The lowest BCUT2D eigenvalue weighted by Crippen LogP contribution is -2.03. The topological polar surface area (TPSA) is 59.1 Å². The normalized spacial score (nSPS) is 10.3. The molecular weight excluding hydrogens is 271 g/mol. The summed E-state index contributed by atoms with van der Waals surface area (Å²) < 4.78 is 19.0. The molecule has 0 aliphatic rings. The number of hydrogen-bond acceptors (Lipinski definition) is 5. The maximum atomic E-state index is 13.8. The molecule has 0 unspecified atom stereocenters. The number of halogens is 1. The van der Waals surface area contributed by atoms with Crippen LogP contribution in [0.4, 0.5) is 21.7 Å². The van der Waals surface area contributed by atoms with Gasteiger partial charge in [0.2, 0.25) is 0 Å². The number of aryl methyl sites for hydroxylation is 1. The van der Waals surface area contributed by atoms with Gasteiger partial charge in [0.15, 0.2) is 11.6 Å². The van der Waals surface area contributed by atoms with Crippen LogP contribution in [0, 0.1) is 5.82 Å². The number of rotatable bonds is 6. The fourth-order valence-corrected chi connectivity index (χ4v) is 1.85. The van der Waals surface area contributed by atoms with E-state index in [9.17, 15) is 4.39 Å². The van der Waals surface area contributed by atoms with Crippen molar-refractivity contribution in [3.05, 3.63) is 35.9 Å². The smallest absolute Gasteiger partial charge is 0.167 e. The maximum absolute atomic E-state index is 13.8. The number of nitrogens with one attached hydrogen (secondary N) is 2. The van der Waals surface area contributed by atoms with E-state index in [1.165, 1.54) is 6.07 Å². The van der Waals surface area contributed by atoms with Gasteiger partial charge < -0.3 is 15.4 Å². The van der Waals surface area contributed by atoms with Crippen molar-refractivity contribution in [3.63, 3.8) is 0 Å². The van der Waals surface area contributed by atoms with Crippen molar-refractivity contribution in [1.82, 2.24) is 9.97 Å². The zero-order valence-electron chi connectivity index (χ0n) is 12.4. The molecule has 5 nitrogen and oxygen atoms in total. The highest BCUT2D eigenvalue weighted by molar-refractivity contribution is 5.60. The van der Waals surface area contributed by atoms with Crippen molar-refractivity contribution in [1.29, 1.82) is 0 Å². The van der Waals surface area contributed by atoms with Gasteiger partial charge in [0.25, 0.3) is 0 Å². The highest BCUT2D eigenvalue weighted by Crippen LogP contribution is 2.24. The lowest BCUT2D eigenvalue weighted by atomic mass is 10.3. The van der Waals surface area contributed by atoms with Gasteiger partial charge in [-0.05, 0) is 19.1 Å². The van der Waals surface area contributed by atoms with E-state index in [2.05, 4.69) is 20.6 Å². The van der Waals surface area contributed by atoms with E-state index < -0.39 is 5.82 Å². The number of hydrogen-bond donors (Lipinski definition) is 2. The third-order valence-corrected chi connectivity index (χ3v) is 2.85. The quantitative estimate of drug-likeness (QED) is 0.854. The molecule has 0 amide bonds. The van der Waals surface area contributed by atoms with Crippen LogP contribution in [-0.2, 0) is 6.42 Å². The molecule has 6 heteroatoms. The van der Waals surface area contributed by atoms with Gasteiger partial charge in [-0.1, -0.05) is 6.92 Å². The molecule has 0 aliphatic carbocycles. The van der Waals surface area contributed by atoms with Gasteiger partial charge in [-0.2, -0.15) is 0 Å². The fourth-order valence-electron chi connectivity index (χ4n) is 1.85. The Kier molecular flexibility index (Phi) is 4.92. The second-order valence-corrected chi connectivity index (χ2v) is 4.36. The predicted molar refractivity (Wildman–Crippen MR) is 81.8 cm³/mol. The number of benzene rings is 1. The number of ether oxygens (including phenoxy) is 1. The first-order valence-electron chi connectivity index (χ1n) is 6.91. The molecular formula is C15H19FN4O. The average molecular weight is 290 g/mol. The van der Waals surface area contributed by atoms with Crippen LogP contribution in [0.5, 0.6) is 5.75 Å². The molecule has 112 valence electrons. The van der Waals surface area contributed by atoms with Crippen LogP contribution in [0.2, 0.25) is 0 Å². The molecule has 0 aliphatic heterocycles. The lowest BCUT2D eigenvalue weighted by molar-refractivity contribution is 0.321. The van der Waals surface area contributed by atoms with Gasteiger partial charge in [0, 0.05) is 31.3 Å². The summed E-state index contributed by atoms with van der Waals surface area (Å²) >= 11 is 0. The molecule has 2 rings (SSSR count). The Balaban J connectivity index is 2.23. The van der Waals surface area contributed by atoms with Crippen molar-refractivity contribution in [2.75, 3.05) is 24.3 Å². The highest BCUT2D eigenvalue weighted by Gasteiger charge is 2.07. The minimum atomic E-state index is -0.402. The Morgan fingerprint density at radius 2 is 1.90 bits per heavy atom. The summed E-state index contributed by atoms with van der Waals surface area (Å²) in [5, 5.41) is 6.06. The Morgan fingerprint density at radius 1 is 1.14 bits per heavy atom. The predicted octanol–water partition coefficient (Wildman–Crippen LogP) is 3.36. The molecule has 1 aromatic carbocycles. The van der Waals surface area contributed by atoms with Gasteiger partial charge in [0.1, 0.15) is 17.5 Å². The summed E-state index contributed by atoms with van der Waals surface area (Å²) in [6, 6.07) is 6.51. The van der Waals surface area contributed by atoms with E-state index >= 15 is 0 Å². The molecule has 1 aromatic heterocycles. The standard InChI is InChI=1S/C15H19FN4O/c1-4-13-19-14(17-3)9-15(20-13)18-10-6-7-12(21-5-2)11(16)8-10/h6-9H,4-5H2,1-3H3,(H2,17,18,19,20). The molecule has 0 saturated carbocycles. The second kappa shape index (κ2) is 6.88.